The lowest BCUT2D eigenvalue weighted by Gasteiger charge is -2.10. The lowest BCUT2D eigenvalue weighted by molar-refractivity contribution is -0.116. The molecule has 0 aliphatic rings. The van der Waals surface area contributed by atoms with Crippen LogP contribution in [0.5, 0.6) is 0 Å². The Kier molecular flexibility index (Phi) is 4.66. The van der Waals surface area contributed by atoms with Gasteiger partial charge in [-0.3, -0.25) is 9.78 Å². The molecule has 2 aromatic rings. The first kappa shape index (κ1) is 14.7. The highest BCUT2D eigenvalue weighted by molar-refractivity contribution is 5.96. The maximum atomic E-state index is 11.9. The van der Waals surface area contributed by atoms with Crippen molar-refractivity contribution < 1.29 is 14.7 Å². The monoisotopic (exact) mass is 284 g/mol. The summed E-state index contributed by atoms with van der Waals surface area (Å²) in [7, 11) is 0. The molecule has 5 heteroatoms. The van der Waals surface area contributed by atoms with Crippen LogP contribution >= 0.6 is 0 Å². The van der Waals surface area contributed by atoms with Gasteiger partial charge in [-0.05, 0) is 43.2 Å². The number of aromatic carboxylic acids is 1. The molecule has 0 aliphatic carbocycles. The van der Waals surface area contributed by atoms with Crippen LogP contribution in [0, 0.1) is 6.92 Å². The summed E-state index contributed by atoms with van der Waals surface area (Å²) < 4.78 is 0. The number of amides is 1. The zero-order valence-electron chi connectivity index (χ0n) is 11.7. The van der Waals surface area contributed by atoms with Gasteiger partial charge < -0.3 is 10.4 Å². The van der Waals surface area contributed by atoms with Gasteiger partial charge in [0.15, 0.2) is 0 Å². The molecule has 1 aromatic heterocycles. The molecule has 0 bridgehead atoms. The molecule has 0 unspecified atom stereocenters. The molecular weight excluding hydrogens is 268 g/mol. The van der Waals surface area contributed by atoms with Crippen molar-refractivity contribution >= 4 is 17.6 Å². The number of aromatic nitrogens is 1. The van der Waals surface area contributed by atoms with Crippen molar-refractivity contribution in [3.63, 3.8) is 0 Å². The van der Waals surface area contributed by atoms with E-state index in [-0.39, 0.29) is 11.5 Å². The fourth-order valence-corrected chi connectivity index (χ4v) is 2.00. The van der Waals surface area contributed by atoms with Gasteiger partial charge in [0.25, 0.3) is 0 Å². The van der Waals surface area contributed by atoms with Crippen molar-refractivity contribution in [2.45, 2.75) is 19.8 Å². The number of hydrogen-bond acceptors (Lipinski definition) is 3. The normalized spacial score (nSPS) is 10.1. The van der Waals surface area contributed by atoms with E-state index in [1.165, 1.54) is 6.07 Å². The average molecular weight is 284 g/mol. The van der Waals surface area contributed by atoms with Crippen LogP contribution in [0.15, 0.2) is 42.6 Å². The predicted octanol–water partition coefficient (Wildman–Crippen LogP) is 2.66. The zero-order valence-corrected chi connectivity index (χ0v) is 11.7. The quantitative estimate of drug-likeness (QED) is 0.884. The second kappa shape index (κ2) is 6.65. The highest BCUT2D eigenvalue weighted by Crippen LogP contribution is 2.19. The molecule has 0 saturated carbocycles. The highest BCUT2D eigenvalue weighted by Gasteiger charge is 2.12. The Morgan fingerprint density at radius 1 is 1.19 bits per heavy atom. The Labute approximate surface area is 122 Å². The number of rotatable bonds is 5. The number of nitrogens with zero attached hydrogens (tertiary/aromatic N) is 1. The maximum Gasteiger partial charge on any atom is 0.336 e. The lowest BCUT2D eigenvalue weighted by Crippen LogP contribution is -2.14. The van der Waals surface area contributed by atoms with Gasteiger partial charge in [0, 0.05) is 24.0 Å². The SMILES string of the molecule is Cc1c(NC(=O)CCc2ccccn2)cccc1C(=O)O. The van der Waals surface area contributed by atoms with Gasteiger partial charge in [-0.2, -0.15) is 0 Å². The summed E-state index contributed by atoms with van der Waals surface area (Å²) in [6.07, 6.45) is 2.53. The van der Waals surface area contributed by atoms with Crippen LogP contribution in [0.4, 0.5) is 5.69 Å². The molecular formula is C16H16N2O3. The van der Waals surface area contributed by atoms with E-state index >= 15 is 0 Å². The van der Waals surface area contributed by atoms with Crippen molar-refractivity contribution in [1.29, 1.82) is 0 Å². The Balaban J connectivity index is 2.00. The Bertz CT molecular complexity index is 654. The smallest absolute Gasteiger partial charge is 0.336 e. The second-order valence-corrected chi connectivity index (χ2v) is 4.65. The fraction of sp³-hybridized carbons (Fsp3) is 0.188. The zero-order chi connectivity index (χ0) is 15.2. The standard InChI is InChI=1S/C16H16N2O3/c1-11-13(16(20)21)6-4-7-14(11)18-15(19)9-8-12-5-2-3-10-17-12/h2-7,10H,8-9H2,1H3,(H,18,19)(H,20,21). The number of hydrogen-bond donors (Lipinski definition) is 2. The van der Waals surface area contributed by atoms with E-state index in [4.69, 9.17) is 5.11 Å². The van der Waals surface area contributed by atoms with Crippen LogP contribution in [0.1, 0.15) is 28.0 Å². The molecule has 1 amide bonds. The van der Waals surface area contributed by atoms with Gasteiger partial charge in [0.05, 0.1) is 5.56 Å². The van der Waals surface area contributed by atoms with E-state index in [1.807, 2.05) is 18.2 Å². The summed E-state index contributed by atoms with van der Waals surface area (Å²) in [6, 6.07) is 10.4. The Hall–Kier alpha value is -2.69. The molecule has 21 heavy (non-hydrogen) atoms. The summed E-state index contributed by atoms with van der Waals surface area (Å²) in [5.41, 5.74) is 2.12. The fourth-order valence-electron chi connectivity index (χ4n) is 2.00. The first-order valence-corrected chi connectivity index (χ1v) is 6.60. The molecule has 1 heterocycles. The number of carboxylic acid groups (broad SMARTS) is 1. The second-order valence-electron chi connectivity index (χ2n) is 4.65. The van der Waals surface area contributed by atoms with Gasteiger partial charge in [-0.1, -0.05) is 12.1 Å². The van der Waals surface area contributed by atoms with Crippen molar-refractivity contribution in [2.75, 3.05) is 5.32 Å². The van der Waals surface area contributed by atoms with E-state index in [0.29, 0.717) is 24.1 Å². The van der Waals surface area contributed by atoms with Gasteiger partial charge in [0.1, 0.15) is 0 Å². The first-order valence-electron chi connectivity index (χ1n) is 6.60. The van der Waals surface area contributed by atoms with Gasteiger partial charge in [-0.25, -0.2) is 4.79 Å². The third-order valence-corrected chi connectivity index (χ3v) is 3.17. The summed E-state index contributed by atoms with van der Waals surface area (Å²) in [4.78, 5) is 27.1. The van der Waals surface area contributed by atoms with Gasteiger partial charge in [-0.15, -0.1) is 0 Å². The van der Waals surface area contributed by atoms with Crippen LogP contribution in [0.2, 0.25) is 0 Å². The minimum atomic E-state index is -1.00. The van der Waals surface area contributed by atoms with Crippen molar-refractivity contribution in [3.05, 3.63) is 59.4 Å². The third-order valence-electron chi connectivity index (χ3n) is 3.17. The van der Waals surface area contributed by atoms with Crippen molar-refractivity contribution in [1.82, 2.24) is 4.98 Å². The number of carboxylic acids is 1. The summed E-state index contributed by atoms with van der Waals surface area (Å²) >= 11 is 0. The van der Waals surface area contributed by atoms with E-state index in [2.05, 4.69) is 10.3 Å². The number of pyridine rings is 1. The van der Waals surface area contributed by atoms with Crippen LogP contribution in [0.25, 0.3) is 0 Å². The molecule has 2 rings (SSSR count). The van der Waals surface area contributed by atoms with Gasteiger partial charge in [0.2, 0.25) is 5.91 Å². The molecule has 0 aliphatic heterocycles. The molecule has 0 fully saturated rings. The minimum absolute atomic E-state index is 0.161. The van der Waals surface area contributed by atoms with Crippen molar-refractivity contribution in [2.24, 2.45) is 0 Å². The third kappa shape index (κ3) is 3.89. The molecule has 2 N–H and O–H groups in total. The molecule has 108 valence electrons. The number of anilines is 1. The Morgan fingerprint density at radius 3 is 2.67 bits per heavy atom. The lowest BCUT2D eigenvalue weighted by atomic mass is 10.1. The van der Waals surface area contributed by atoms with Crippen LogP contribution in [-0.2, 0) is 11.2 Å². The average Bonchev–Trinajstić information content (AvgIpc) is 2.48. The first-order chi connectivity index (χ1) is 10.1. The largest absolute Gasteiger partial charge is 0.478 e. The summed E-state index contributed by atoms with van der Waals surface area (Å²) in [5, 5.41) is 11.8. The topological polar surface area (TPSA) is 79.3 Å². The molecule has 0 radical (unpaired) electrons. The van der Waals surface area contributed by atoms with E-state index in [9.17, 15) is 9.59 Å². The minimum Gasteiger partial charge on any atom is -0.478 e. The summed E-state index contributed by atoms with van der Waals surface area (Å²) in [5.74, 6) is -1.16. The maximum absolute atomic E-state index is 11.9. The molecule has 1 aromatic carbocycles. The summed E-state index contributed by atoms with van der Waals surface area (Å²) in [6.45, 7) is 1.68. The molecule has 0 spiro atoms. The van der Waals surface area contributed by atoms with Gasteiger partial charge >= 0.3 is 5.97 Å². The van der Waals surface area contributed by atoms with Crippen LogP contribution in [0.3, 0.4) is 0 Å². The number of carbonyl (C=O) groups excluding carboxylic acids is 1. The van der Waals surface area contributed by atoms with Crippen LogP contribution < -0.4 is 5.32 Å². The molecule has 0 atom stereocenters. The number of nitrogens with one attached hydrogen (secondary N) is 1. The Morgan fingerprint density at radius 2 is 2.00 bits per heavy atom. The van der Waals surface area contributed by atoms with E-state index in [0.717, 1.165) is 5.69 Å². The van der Waals surface area contributed by atoms with Crippen LogP contribution in [-0.4, -0.2) is 22.0 Å². The van der Waals surface area contributed by atoms with E-state index in [1.54, 1.807) is 25.3 Å². The predicted molar refractivity (Wildman–Crippen MR) is 79.3 cm³/mol. The van der Waals surface area contributed by atoms with Crippen molar-refractivity contribution in [3.8, 4) is 0 Å². The molecule has 0 saturated heterocycles. The highest BCUT2D eigenvalue weighted by atomic mass is 16.4. The number of carbonyl (C=O) groups is 2. The molecule has 5 nitrogen and oxygen atoms in total. The van der Waals surface area contributed by atoms with E-state index < -0.39 is 5.97 Å². The number of aryl methyl sites for hydroxylation is 1. The number of benzene rings is 1.